The fraction of sp³-hybridized carbons (Fsp3) is 0.892. The van der Waals surface area contributed by atoms with Gasteiger partial charge < -0.3 is 39.1 Å². The first-order chi connectivity index (χ1) is 21.7. The maximum atomic E-state index is 10.5. The van der Waals surface area contributed by atoms with Crippen molar-refractivity contribution < 1.29 is 39.1 Å². The zero-order valence-electron chi connectivity index (χ0n) is 30.1. The van der Waals surface area contributed by atoms with Gasteiger partial charge >= 0.3 is 0 Å². The maximum Gasteiger partial charge on any atom is 0.192 e. The second-order valence-corrected chi connectivity index (χ2v) is 20.5. The molecule has 0 bridgehead atoms. The molecule has 8 nitrogen and oxygen atoms in total. The molecule has 0 spiro atoms. The smallest absolute Gasteiger partial charge is 0.192 e. The number of methoxy groups -OCH3 is 1. The Hall–Kier alpha value is -0.623. The molecule has 4 aliphatic rings. The average molecular weight is 669 g/mol. The number of aliphatic hydroxyl groups excluding tert-OH is 4. The highest BCUT2D eigenvalue weighted by molar-refractivity contribution is 6.74. The Bertz CT molecular complexity index is 935. The van der Waals surface area contributed by atoms with Gasteiger partial charge in [0.2, 0.25) is 0 Å². The Kier molecular flexibility index (Phi) is 15.9. The van der Waals surface area contributed by atoms with E-state index in [1.165, 1.54) is 19.3 Å². The fourth-order valence-corrected chi connectivity index (χ4v) is 8.65. The number of hydrogen-bond donors (Lipinski definition) is 4. The molecule has 4 N–H and O–H groups in total. The molecule has 2 unspecified atom stereocenters. The summed E-state index contributed by atoms with van der Waals surface area (Å²) in [6.07, 6.45) is 18.0. The highest BCUT2D eigenvalue weighted by atomic mass is 28.4. The van der Waals surface area contributed by atoms with Gasteiger partial charge in [-0.05, 0) is 42.8 Å². The van der Waals surface area contributed by atoms with E-state index in [4.69, 9.17) is 18.6 Å². The van der Waals surface area contributed by atoms with Crippen LogP contribution >= 0.6 is 0 Å². The van der Waals surface area contributed by atoms with Gasteiger partial charge in [0.15, 0.2) is 20.9 Å². The predicted molar refractivity (Wildman–Crippen MR) is 186 cm³/mol. The summed E-state index contributed by atoms with van der Waals surface area (Å²) >= 11 is 0. The van der Waals surface area contributed by atoms with E-state index in [1.54, 1.807) is 13.2 Å². The third kappa shape index (κ3) is 11.2. The van der Waals surface area contributed by atoms with Crippen molar-refractivity contribution in [2.24, 2.45) is 23.7 Å². The van der Waals surface area contributed by atoms with Gasteiger partial charge in [0.05, 0.1) is 36.6 Å². The van der Waals surface area contributed by atoms with E-state index in [2.05, 4.69) is 59.9 Å². The molecule has 2 saturated carbocycles. The van der Waals surface area contributed by atoms with E-state index >= 15 is 0 Å². The van der Waals surface area contributed by atoms with Gasteiger partial charge in [-0.15, -0.1) is 0 Å². The summed E-state index contributed by atoms with van der Waals surface area (Å²) in [5, 5.41) is 40.1. The van der Waals surface area contributed by atoms with Crippen LogP contribution in [0.5, 0.6) is 0 Å². The second kappa shape index (κ2) is 18.4. The first kappa shape index (κ1) is 39.8. The number of rotatable bonds is 15. The van der Waals surface area contributed by atoms with Crippen LogP contribution in [0.1, 0.15) is 112 Å². The minimum atomic E-state index is -1.82. The summed E-state index contributed by atoms with van der Waals surface area (Å²) in [7, 11) is -0.125. The number of ether oxygens (including phenoxy) is 3. The van der Waals surface area contributed by atoms with Crippen molar-refractivity contribution in [3.63, 3.8) is 0 Å². The highest BCUT2D eigenvalue weighted by Gasteiger charge is 2.49. The summed E-state index contributed by atoms with van der Waals surface area (Å²) in [5.41, 5.74) is 0. The lowest BCUT2D eigenvalue weighted by atomic mass is 9.91. The monoisotopic (exact) mass is 668 g/mol. The molecule has 4 rings (SSSR count). The lowest BCUT2D eigenvalue weighted by molar-refractivity contribution is -0.118. The molecule has 46 heavy (non-hydrogen) atoms. The normalized spacial score (nSPS) is 35.8. The Morgan fingerprint density at radius 3 is 1.89 bits per heavy atom. The summed E-state index contributed by atoms with van der Waals surface area (Å²) in [4.78, 5) is 0. The molecule has 2 heterocycles. The quantitative estimate of drug-likeness (QED) is 0.0850. The standard InChI is InChI=1S/C22H42O4Si.C15H26O4/c1-8-9-10-11-16(26-27(6,7)22(2,3)4)12-13-17-18-14-21(24-5)25-20(18)15-19(17)23;1-2-3-4-5-10(16)6-7-11-12-8-15(18)19-14(12)9-13(11)17/h12-13,16-21,23H,8-11,14-15H2,1-7H3;6-7,10-18H,2-5,8-9H2,1H3/b13-12+;7-6+/t16-,17+,18+,19+,20-,21?;10-,11+,12+,13+,14-,15?/m00/s1. The van der Waals surface area contributed by atoms with Gasteiger partial charge in [0.1, 0.15) is 0 Å². The van der Waals surface area contributed by atoms with Gasteiger partial charge in [-0.25, -0.2) is 0 Å². The molecule has 268 valence electrons. The van der Waals surface area contributed by atoms with Crippen LogP contribution in [0, 0.1) is 23.7 Å². The van der Waals surface area contributed by atoms with Crippen LogP contribution < -0.4 is 0 Å². The van der Waals surface area contributed by atoms with Crippen molar-refractivity contribution in [2.75, 3.05) is 7.11 Å². The predicted octanol–water partition coefficient (Wildman–Crippen LogP) is 6.86. The molecule has 0 aromatic rings. The Balaban J connectivity index is 0.000000266. The molecular weight excluding hydrogens is 600 g/mol. The van der Waals surface area contributed by atoms with Gasteiger partial charge in [-0.3, -0.25) is 0 Å². The van der Waals surface area contributed by atoms with Crippen LogP contribution in [0.4, 0.5) is 0 Å². The second-order valence-electron chi connectivity index (χ2n) is 15.8. The first-order valence-electron chi connectivity index (χ1n) is 18.3. The van der Waals surface area contributed by atoms with Crippen molar-refractivity contribution in [3.8, 4) is 0 Å². The van der Waals surface area contributed by atoms with Crippen molar-refractivity contribution in [2.45, 2.75) is 179 Å². The van der Waals surface area contributed by atoms with Crippen LogP contribution in [0.2, 0.25) is 18.1 Å². The van der Waals surface area contributed by atoms with E-state index < -0.39 is 26.8 Å². The molecular formula is C37H68O8Si. The summed E-state index contributed by atoms with van der Waals surface area (Å²) in [6, 6.07) is 0. The van der Waals surface area contributed by atoms with Crippen LogP contribution in [0.25, 0.3) is 0 Å². The van der Waals surface area contributed by atoms with Gasteiger partial charge in [0, 0.05) is 44.6 Å². The maximum absolute atomic E-state index is 10.5. The summed E-state index contributed by atoms with van der Waals surface area (Å²) < 4.78 is 23.4. The number of aliphatic hydroxyl groups is 4. The van der Waals surface area contributed by atoms with Crippen LogP contribution in [0.3, 0.4) is 0 Å². The van der Waals surface area contributed by atoms with E-state index in [0.717, 1.165) is 38.5 Å². The van der Waals surface area contributed by atoms with Crippen molar-refractivity contribution in [3.05, 3.63) is 24.3 Å². The van der Waals surface area contributed by atoms with Crippen LogP contribution in [-0.2, 0) is 18.6 Å². The first-order valence-corrected chi connectivity index (χ1v) is 21.2. The van der Waals surface area contributed by atoms with Gasteiger partial charge in [-0.1, -0.05) is 97.4 Å². The molecule has 0 aromatic carbocycles. The zero-order valence-corrected chi connectivity index (χ0v) is 31.1. The highest BCUT2D eigenvalue weighted by Crippen LogP contribution is 2.45. The molecule has 0 radical (unpaired) electrons. The average Bonchev–Trinajstić information content (AvgIpc) is 3.69. The topological polar surface area (TPSA) is 118 Å². The molecule has 9 heteroatoms. The Morgan fingerprint density at radius 2 is 1.33 bits per heavy atom. The van der Waals surface area contributed by atoms with E-state index in [0.29, 0.717) is 25.2 Å². The number of unbranched alkanes of at least 4 members (excludes halogenated alkanes) is 4. The molecule has 0 aromatic heterocycles. The largest absolute Gasteiger partial charge is 0.411 e. The van der Waals surface area contributed by atoms with Crippen LogP contribution in [-0.4, -0.2) is 85.1 Å². The van der Waals surface area contributed by atoms with E-state index in [9.17, 15) is 20.4 Å². The lowest BCUT2D eigenvalue weighted by Gasteiger charge is -2.39. The van der Waals surface area contributed by atoms with Crippen molar-refractivity contribution in [1.82, 2.24) is 0 Å². The molecule has 2 aliphatic heterocycles. The SMILES string of the molecule is CCCCC[C@@H](/C=C/[C@@H]1[C@H]2CC(OC)O[C@H]2C[C@H]1O)O[Si](C)(C)C(C)(C)C.CCCCC[C@H](O)/C=C/[C@@H]1[C@H]2CC(O)O[C@H]2C[C@H]1O. The molecule has 12 atom stereocenters. The third-order valence-corrected chi connectivity index (χ3v) is 15.7. The minimum Gasteiger partial charge on any atom is -0.411 e. The molecule has 0 amide bonds. The lowest BCUT2D eigenvalue weighted by Crippen LogP contribution is -2.43. The molecule has 2 aliphatic carbocycles. The van der Waals surface area contributed by atoms with Crippen LogP contribution in [0.15, 0.2) is 24.3 Å². The Labute approximate surface area is 281 Å². The number of hydrogen-bond acceptors (Lipinski definition) is 8. The van der Waals surface area contributed by atoms with Crippen molar-refractivity contribution in [1.29, 1.82) is 0 Å². The van der Waals surface area contributed by atoms with Crippen molar-refractivity contribution >= 4 is 8.32 Å². The van der Waals surface area contributed by atoms with E-state index in [1.807, 2.05) is 6.08 Å². The number of fused-ring (bicyclic) bond motifs is 2. The third-order valence-electron chi connectivity index (χ3n) is 11.2. The Morgan fingerprint density at radius 1 is 0.783 bits per heavy atom. The zero-order chi connectivity index (χ0) is 34.1. The van der Waals surface area contributed by atoms with E-state index in [-0.39, 0.29) is 53.5 Å². The summed E-state index contributed by atoms with van der Waals surface area (Å²) in [5.74, 6) is 0.685. The van der Waals surface area contributed by atoms with Gasteiger partial charge in [0.25, 0.3) is 0 Å². The minimum absolute atomic E-state index is 0.00275. The molecule has 2 saturated heterocycles. The fourth-order valence-electron chi connectivity index (χ4n) is 7.35. The molecule has 4 fully saturated rings. The van der Waals surface area contributed by atoms with Gasteiger partial charge in [-0.2, -0.15) is 0 Å². The summed E-state index contributed by atoms with van der Waals surface area (Å²) in [6.45, 7) is 15.9.